The summed E-state index contributed by atoms with van der Waals surface area (Å²) in [6, 6.07) is 9.70. The van der Waals surface area contributed by atoms with Crippen molar-refractivity contribution < 1.29 is 14.3 Å². The Morgan fingerprint density at radius 1 is 1.19 bits per heavy atom. The molecule has 3 nitrogen and oxygen atoms in total. The average molecular weight is 218 g/mol. The van der Waals surface area contributed by atoms with Gasteiger partial charge in [0.05, 0.1) is 6.61 Å². The summed E-state index contributed by atoms with van der Waals surface area (Å²) in [4.78, 5) is 19.9. The predicted molar refractivity (Wildman–Crippen MR) is 61.7 cm³/mol. The first kappa shape index (κ1) is 12.2. The smallest absolute Gasteiger partial charge is 0.305 e. The molecule has 3 heteroatoms. The first-order valence-electron chi connectivity index (χ1n) is 5.15. The molecule has 1 fully saturated rings. The number of benzene rings is 1. The van der Waals surface area contributed by atoms with E-state index < -0.39 is 0 Å². The zero-order chi connectivity index (χ0) is 11.6. The number of esters is 1. The van der Waals surface area contributed by atoms with Crippen LogP contribution in [0.5, 0.6) is 0 Å². The van der Waals surface area contributed by atoms with Crippen molar-refractivity contribution in [3.63, 3.8) is 0 Å². The largest absolute Gasteiger partial charge is 0.466 e. The van der Waals surface area contributed by atoms with Crippen LogP contribution in [-0.4, -0.2) is 18.9 Å². The second-order valence-electron chi connectivity index (χ2n) is 3.23. The Bertz CT molecular complexity index is 347. The molecule has 1 saturated heterocycles. The molecule has 84 valence electrons. The van der Waals surface area contributed by atoms with Gasteiger partial charge in [0.25, 0.3) is 0 Å². The second-order valence-corrected chi connectivity index (χ2v) is 3.23. The van der Waals surface area contributed by atoms with Crippen LogP contribution in [0.2, 0.25) is 0 Å². The minimum atomic E-state index is -0.0463. The molecule has 1 aromatic carbocycles. The van der Waals surface area contributed by atoms with E-state index in [1.165, 1.54) is 6.08 Å². The molecule has 0 atom stereocenters. The highest BCUT2D eigenvalue weighted by Gasteiger charge is 2.08. The third-order valence-corrected chi connectivity index (χ3v) is 1.96. The van der Waals surface area contributed by atoms with E-state index in [1.54, 1.807) is 6.08 Å². The molecule has 0 saturated carbocycles. The maximum absolute atomic E-state index is 10.0. The Hall–Kier alpha value is -1.90. The number of hydrogen-bond acceptors (Lipinski definition) is 3. The maximum Gasteiger partial charge on any atom is 0.305 e. The molecule has 0 aromatic heterocycles. The van der Waals surface area contributed by atoms with Crippen molar-refractivity contribution in [1.29, 1.82) is 0 Å². The van der Waals surface area contributed by atoms with Crippen LogP contribution < -0.4 is 0 Å². The number of rotatable bonds is 2. The molecule has 1 heterocycles. The molecule has 0 aliphatic carbocycles. The van der Waals surface area contributed by atoms with E-state index in [9.17, 15) is 9.59 Å². The van der Waals surface area contributed by atoms with Crippen LogP contribution in [0, 0.1) is 0 Å². The van der Waals surface area contributed by atoms with Crippen molar-refractivity contribution in [3.8, 4) is 0 Å². The van der Waals surface area contributed by atoms with Gasteiger partial charge in [0.2, 0.25) is 0 Å². The normalized spacial score (nSPS) is 14.1. The molecule has 1 aliphatic heterocycles. The molecule has 16 heavy (non-hydrogen) atoms. The van der Waals surface area contributed by atoms with Crippen LogP contribution in [-0.2, 0) is 14.3 Å². The van der Waals surface area contributed by atoms with E-state index in [2.05, 4.69) is 4.74 Å². The van der Waals surface area contributed by atoms with Gasteiger partial charge in [0.15, 0.2) is 0 Å². The first-order valence-corrected chi connectivity index (χ1v) is 5.15. The number of hydrogen-bond donors (Lipinski definition) is 0. The summed E-state index contributed by atoms with van der Waals surface area (Å²) in [5.41, 5.74) is 1.05. The Balaban J connectivity index is 0.000000181. The summed E-state index contributed by atoms with van der Waals surface area (Å²) in [5.74, 6) is -0.0463. The van der Waals surface area contributed by atoms with E-state index >= 15 is 0 Å². The van der Waals surface area contributed by atoms with Gasteiger partial charge in [-0.15, -0.1) is 0 Å². The van der Waals surface area contributed by atoms with Gasteiger partial charge in [0.1, 0.15) is 6.29 Å². The fraction of sp³-hybridized carbons (Fsp3) is 0.231. The van der Waals surface area contributed by atoms with E-state index in [4.69, 9.17) is 0 Å². The average Bonchev–Trinajstić information content (AvgIpc) is 2.80. The van der Waals surface area contributed by atoms with Crippen molar-refractivity contribution in [2.75, 3.05) is 6.61 Å². The molecule has 0 radical (unpaired) electrons. The summed E-state index contributed by atoms with van der Waals surface area (Å²) < 4.78 is 4.51. The summed E-state index contributed by atoms with van der Waals surface area (Å²) in [7, 11) is 0. The highest BCUT2D eigenvalue weighted by molar-refractivity contribution is 5.73. The monoisotopic (exact) mass is 218 g/mol. The van der Waals surface area contributed by atoms with Gasteiger partial charge < -0.3 is 4.74 Å². The van der Waals surface area contributed by atoms with Gasteiger partial charge in [-0.25, -0.2) is 0 Å². The Morgan fingerprint density at radius 3 is 2.38 bits per heavy atom. The van der Waals surface area contributed by atoms with Crippen LogP contribution in [0.15, 0.2) is 36.4 Å². The van der Waals surface area contributed by atoms with Crippen molar-refractivity contribution in [2.45, 2.75) is 12.8 Å². The zero-order valence-electron chi connectivity index (χ0n) is 8.96. The maximum atomic E-state index is 10.0. The van der Waals surface area contributed by atoms with Crippen molar-refractivity contribution >= 4 is 18.3 Å². The lowest BCUT2D eigenvalue weighted by Gasteiger charge is -1.86. The summed E-state index contributed by atoms with van der Waals surface area (Å²) in [6.45, 7) is 0.638. The van der Waals surface area contributed by atoms with Crippen molar-refractivity contribution in [3.05, 3.63) is 42.0 Å². The van der Waals surface area contributed by atoms with Crippen LogP contribution >= 0.6 is 0 Å². The van der Waals surface area contributed by atoms with Crippen molar-refractivity contribution in [2.24, 2.45) is 0 Å². The minimum absolute atomic E-state index is 0.0463. The van der Waals surface area contributed by atoms with Crippen LogP contribution in [0.4, 0.5) is 0 Å². The summed E-state index contributed by atoms with van der Waals surface area (Å²) in [5, 5.41) is 0. The second kappa shape index (κ2) is 7.40. The van der Waals surface area contributed by atoms with Gasteiger partial charge in [-0.3, -0.25) is 9.59 Å². The van der Waals surface area contributed by atoms with Crippen LogP contribution in [0.25, 0.3) is 6.08 Å². The molecular weight excluding hydrogens is 204 g/mol. The molecular formula is C13H14O3. The van der Waals surface area contributed by atoms with Gasteiger partial charge in [0, 0.05) is 6.42 Å². The van der Waals surface area contributed by atoms with Gasteiger partial charge >= 0.3 is 5.97 Å². The molecule has 1 aromatic rings. The number of cyclic esters (lactones) is 1. The quantitative estimate of drug-likeness (QED) is 0.434. The van der Waals surface area contributed by atoms with E-state index in [1.807, 2.05) is 30.3 Å². The highest BCUT2D eigenvalue weighted by Crippen LogP contribution is 2.01. The molecule has 0 amide bonds. The molecule has 0 N–H and O–H groups in total. The van der Waals surface area contributed by atoms with Gasteiger partial charge in [-0.2, -0.15) is 0 Å². The molecule has 1 aliphatic rings. The highest BCUT2D eigenvalue weighted by atomic mass is 16.5. The number of ether oxygens (including phenoxy) is 1. The Labute approximate surface area is 94.7 Å². The van der Waals surface area contributed by atoms with E-state index in [-0.39, 0.29) is 5.97 Å². The predicted octanol–water partition coefficient (Wildman–Crippen LogP) is 2.22. The fourth-order valence-electron chi connectivity index (χ4n) is 1.19. The third-order valence-electron chi connectivity index (χ3n) is 1.96. The topological polar surface area (TPSA) is 43.4 Å². The number of carbonyl (C=O) groups excluding carboxylic acids is 2. The van der Waals surface area contributed by atoms with Gasteiger partial charge in [-0.05, 0) is 18.1 Å². The SMILES string of the molecule is O=C1CCCO1.O=CC=Cc1ccccc1. The number of aldehydes is 1. The lowest BCUT2D eigenvalue weighted by molar-refractivity contribution is -0.137. The van der Waals surface area contributed by atoms with Crippen LogP contribution in [0.1, 0.15) is 18.4 Å². The molecule has 2 rings (SSSR count). The molecule has 0 bridgehead atoms. The Morgan fingerprint density at radius 2 is 1.94 bits per heavy atom. The summed E-state index contributed by atoms with van der Waals surface area (Å²) >= 11 is 0. The number of allylic oxidation sites excluding steroid dienone is 1. The number of carbonyl (C=O) groups is 2. The minimum Gasteiger partial charge on any atom is -0.466 e. The van der Waals surface area contributed by atoms with Crippen LogP contribution in [0.3, 0.4) is 0 Å². The Kier molecular flexibility index (Phi) is 5.63. The molecule has 0 unspecified atom stereocenters. The van der Waals surface area contributed by atoms with Crippen molar-refractivity contribution in [1.82, 2.24) is 0 Å². The summed E-state index contributed by atoms with van der Waals surface area (Å²) in [6.07, 6.45) is 5.56. The van der Waals surface area contributed by atoms with E-state index in [0.717, 1.165) is 18.3 Å². The van der Waals surface area contributed by atoms with Gasteiger partial charge in [-0.1, -0.05) is 36.4 Å². The van der Waals surface area contributed by atoms with E-state index in [0.29, 0.717) is 13.0 Å². The lowest BCUT2D eigenvalue weighted by atomic mass is 10.2. The first-order chi connectivity index (χ1) is 7.83. The fourth-order valence-corrected chi connectivity index (χ4v) is 1.19. The standard InChI is InChI=1S/C9H8O.C4H6O2/c10-8-4-7-9-5-2-1-3-6-9;5-4-2-1-3-6-4/h1-8H;1-3H2. The molecule has 0 spiro atoms. The lowest BCUT2D eigenvalue weighted by Crippen LogP contribution is -1.88. The zero-order valence-corrected chi connectivity index (χ0v) is 8.96. The third kappa shape index (κ3) is 5.10.